The Balaban J connectivity index is 2.17. The van der Waals surface area contributed by atoms with Crippen molar-refractivity contribution in [3.8, 4) is 5.75 Å². The van der Waals surface area contributed by atoms with Gasteiger partial charge in [-0.3, -0.25) is 4.90 Å². The van der Waals surface area contributed by atoms with Crippen LogP contribution in [0.3, 0.4) is 0 Å². The minimum Gasteiger partial charge on any atom is -0.508 e. The van der Waals surface area contributed by atoms with E-state index in [1.807, 2.05) is 11.0 Å². The lowest BCUT2D eigenvalue weighted by molar-refractivity contribution is 0.475. The monoisotopic (exact) mass is 202 g/mol. The van der Waals surface area contributed by atoms with Gasteiger partial charge in [-0.2, -0.15) is 0 Å². The van der Waals surface area contributed by atoms with Crippen LogP contribution >= 0.6 is 0 Å². The molecule has 5 heteroatoms. The molecule has 3 rings (SSSR count). The van der Waals surface area contributed by atoms with Crippen molar-refractivity contribution in [3.05, 3.63) is 23.8 Å². The van der Waals surface area contributed by atoms with Gasteiger partial charge in [0.05, 0.1) is 12.2 Å². The number of nitrogens with two attached hydrogens (primary N) is 1. The highest BCUT2D eigenvalue weighted by Crippen LogP contribution is 2.29. The molecule has 0 saturated heterocycles. The molecular weight excluding hydrogens is 192 g/mol. The molecule has 1 atom stereocenters. The number of fused-ring (bicyclic) bond motifs is 3. The predicted octanol–water partition coefficient (Wildman–Crippen LogP) is 0.285. The molecule has 5 nitrogen and oxygen atoms in total. The number of anilines is 1. The standard InChI is InChI=1S/C10H10N4O/c11-9-5-13-10-12-4-6-3-7(15)1-2-8(6)14(9)10/h1-4,9,15H,5,11H2. The van der Waals surface area contributed by atoms with E-state index in [0.717, 1.165) is 11.3 Å². The SMILES string of the molecule is NC1CN=C2N=Cc3cc(O)ccc3N21. The molecular formula is C10H10N4O. The Morgan fingerprint density at radius 3 is 3.20 bits per heavy atom. The predicted molar refractivity (Wildman–Crippen MR) is 58.5 cm³/mol. The average molecular weight is 202 g/mol. The van der Waals surface area contributed by atoms with Crippen LogP contribution in [0.2, 0.25) is 0 Å². The van der Waals surface area contributed by atoms with Gasteiger partial charge in [-0.05, 0) is 18.2 Å². The number of aliphatic imine (C=N–C) groups is 2. The Kier molecular flexibility index (Phi) is 1.58. The molecule has 1 aromatic carbocycles. The summed E-state index contributed by atoms with van der Waals surface area (Å²) in [4.78, 5) is 10.3. The van der Waals surface area contributed by atoms with Crippen LogP contribution in [-0.2, 0) is 0 Å². The normalized spacial score (nSPS) is 22.3. The second-order valence-electron chi connectivity index (χ2n) is 3.58. The summed E-state index contributed by atoms with van der Waals surface area (Å²) in [7, 11) is 0. The van der Waals surface area contributed by atoms with Crippen LogP contribution < -0.4 is 10.6 Å². The van der Waals surface area contributed by atoms with Gasteiger partial charge >= 0.3 is 0 Å². The van der Waals surface area contributed by atoms with Gasteiger partial charge < -0.3 is 10.8 Å². The number of nitrogens with zero attached hydrogens (tertiary/aromatic N) is 3. The zero-order valence-electron chi connectivity index (χ0n) is 7.96. The molecule has 1 unspecified atom stereocenters. The zero-order valence-corrected chi connectivity index (χ0v) is 7.96. The lowest BCUT2D eigenvalue weighted by Gasteiger charge is -2.27. The molecule has 3 N–H and O–H groups in total. The fraction of sp³-hybridized carbons (Fsp3) is 0.200. The zero-order chi connectivity index (χ0) is 10.4. The first-order valence-corrected chi connectivity index (χ1v) is 4.72. The van der Waals surface area contributed by atoms with Crippen LogP contribution in [0.5, 0.6) is 5.75 Å². The Labute approximate surface area is 86.6 Å². The topological polar surface area (TPSA) is 74.2 Å². The molecule has 0 spiro atoms. The number of phenolic OH excluding ortho intramolecular Hbond substituents is 1. The highest BCUT2D eigenvalue weighted by Gasteiger charge is 2.29. The van der Waals surface area contributed by atoms with E-state index >= 15 is 0 Å². The van der Waals surface area contributed by atoms with E-state index in [4.69, 9.17) is 5.73 Å². The molecule has 0 saturated carbocycles. The van der Waals surface area contributed by atoms with Crippen LogP contribution in [0.25, 0.3) is 0 Å². The van der Waals surface area contributed by atoms with E-state index < -0.39 is 0 Å². The van der Waals surface area contributed by atoms with Crippen molar-refractivity contribution in [1.29, 1.82) is 0 Å². The van der Waals surface area contributed by atoms with Crippen molar-refractivity contribution in [2.24, 2.45) is 15.7 Å². The first-order valence-electron chi connectivity index (χ1n) is 4.72. The third kappa shape index (κ3) is 1.13. The molecule has 0 fully saturated rings. The first-order chi connectivity index (χ1) is 7.25. The maximum atomic E-state index is 9.35. The summed E-state index contributed by atoms with van der Waals surface area (Å²) in [5.74, 6) is 0.883. The Morgan fingerprint density at radius 2 is 2.33 bits per heavy atom. The van der Waals surface area contributed by atoms with Gasteiger partial charge in [-0.15, -0.1) is 0 Å². The van der Waals surface area contributed by atoms with Crippen molar-refractivity contribution in [2.75, 3.05) is 11.4 Å². The van der Waals surface area contributed by atoms with Gasteiger partial charge in [-0.1, -0.05) is 0 Å². The third-order valence-corrected chi connectivity index (χ3v) is 2.56. The van der Waals surface area contributed by atoms with Crippen LogP contribution in [0.4, 0.5) is 5.69 Å². The largest absolute Gasteiger partial charge is 0.508 e. The maximum Gasteiger partial charge on any atom is 0.226 e. The summed E-state index contributed by atoms with van der Waals surface area (Å²) in [5.41, 5.74) is 7.73. The minimum absolute atomic E-state index is 0.152. The Bertz CT molecular complexity index is 480. The fourth-order valence-corrected chi connectivity index (χ4v) is 1.86. The molecule has 76 valence electrons. The summed E-state index contributed by atoms with van der Waals surface area (Å²) < 4.78 is 0. The number of hydrogen-bond acceptors (Lipinski definition) is 5. The van der Waals surface area contributed by atoms with Gasteiger partial charge in [0.1, 0.15) is 11.9 Å². The number of rotatable bonds is 0. The molecule has 2 aliphatic rings. The van der Waals surface area contributed by atoms with Gasteiger partial charge in [0.25, 0.3) is 0 Å². The van der Waals surface area contributed by atoms with Gasteiger partial charge in [0.2, 0.25) is 5.96 Å². The van der Waals surface area contributed by atoms with Crippen molar-refractivity contribution in [2.45, 2.75) is 6.17 Å². The molecule has 0 amide bonds. The molecule has 2 aliphatic heterocycles. The second-order valence-corrected chi connectivity index (χ2v) is 3.58. The van der Waals surface area contributed by atoms with Crippen molar-refractivity contribution in [1.82, 2.24) is 0 Å². The maximum absolute atomic E-state index is 9.35. The van der Waals surface area contributed by atoms with E-state index in [2.05, 4.69) is 9.98 Å². The molecule has 15 heavy (non-hydrogen) atoms. The summed E-state index contributed by atoms with van der Waals surface area (Å²) >= 11 is 0. The van der Waals surface area contributed by atoms with Gasteiger partial charge in [0, 0.05) is 11.8 Å². The average Bonchev–Trinajstić information content (AvgIpc) is 2.60. The molecule has 0 radical (unpaired) electrons. The third-order valence-electron chi connectivity index (χ3n) is 2.56. The quantitative estimate of drug-likeness (QED) is 0.634. The highest BCUT2D eigenvalue weighted by atomic mass is 16.3. The molecule has 0 aromatic heterocycles. The summed E-state index contributed by atoms with van der Waals surface area (Å²) in [6.45, 7) is 0.562. The van der Waals surface area contributed by atoms with Crippen LogP contribution in [-0.4, -0.2) is 30.0 Å². The van der Waals surface area contributed by atoms with Crippen LogP contribution in [0, 0.1) is 0 Å². The summed E-state index contributed by atoms with van der Waals surface area (Å²) in [6.07, 6.45) is 1.54. The van der Waals surface area contributed by atoms with Crippen LogP contribution in [0.15, 0.2) is 28.2 Å². The van der Waals surface area contributed by atoms with Gasteiger partial charge in [-0.25, -0.2) is 9.98 Å². The van der Waals surface area contributed by atoms with Gasteiger partial charge in [0.15, 0.2) is 0 Å². The van der Waals surface area contributed by atoms with E-state index in [0.29, 0.717) is 12.5 Å². The van der Waals surface area contributed by atoms with Crippen molar-refractivity contribution in [3.63, 3.8) is 0 Å². The Hall–Kier alpha value is -1.88. The van der Waals surface area contributed by atoms with Crippen molar-refractivity contribution < 1.29 is 5.11 Å². The number of aromatic hydroxyl groups is 1. The number of phenols is 1. The minimum atomic E-state index is -0.152. The van der Waals surface area contributed by atoms with Crippen molar-refractivity contribution >= 4 is 17.9 Å². The van der Waals surface area contributed by atoms with E-state index in [1.54, 1.807) is 18.3 Å². The molecule has 2 heterocycles. The number of guanidine groups is 1. The summed E-state index contributed by atoms with van der Waals surface area (Å²) in [6, 6.07) is 5.14. The molecule has 0 aliphatic carbocycles. The lowest BCUT2D eigenvalue weighted by Crippen LogP contribution is -2.44. The fourth-order valence-electron chi connectivity index (χ4n) is 1.86. The van der Waals surface area contributed by atoms with E-state index in [1.165, 1.54) is 0 Å². The smallest absolute Gasteiger partial charge is 0.226 e. The Morgan fingerprint density at radius 1 is 1.47 bits per heavy atom. The first kappa shape index (κ1) is 8.43. The second kappa shape index (κ2) is 2.80. The van der Waals surface area contributed by atoms with Crippen LogP contribution in [0.1, 0.15) is 5.56 Å². The summed E-state index contributed by atoms with van der Waals surface area (Å²) in [5, 5.41) is 9.35. The van der Waals surface area contributed by atoms with E-state index in [-0.39, 0.29) is 11.9 Å². The highest BCUT2D eigenvalue weighted by molar-refractivity contribution is 6.11. The number of benzene rings is 1. The van der Waals surface area contributed by atoms with E-state index in [9.17, 15) is 5.11 Å². The molecule has 0 bridgehead atoms. The lowest BCUT2D eigenvalue weighted by atomic mass is 10.1. The number of hydrogen-bond donors (Lipinski definition) is 2. The molecule has 1 aromatic rings.